The number of alkyl halides is 3. The molecule has 0 aliphatic heterocycles. The molecule has 1 aromatic carbocycles. The van der Waals surface area contributed by atoms with Gasteiger partial charge in [0, 0.05) is 4.47 Å². The van der Waals surface area contributed by atoms with Gasteiger partial charge in [-0.05, 0) is 30.0 Å². The Bertz CT molecular complexity index is 474. The lowest BCUT2D eigenvalue weighted by Gasteiger charge is -2.26. The SMILES string of the molecule is CC(C)C[C@@H](N[C@@H](c1ccc(Br)cc1)C(F)(F)F)C(=O)O. The second-order valence-electron chi connectivity index (χ2n) is 5.21. The number of aliphatic carboxylic acids is 1. The minimum absolute atomic E-state index is 0.0132. The highest BCUT2D eigenvalue weighted by Crippen LogP contribution is 2.34. The quantitative estimate of drug-likeness (QED) is 0.794. The minimum atomic E-state index is -4.57. The Morgan fingerprint density at radius 1 is 1.29 bits per heavy atom. The van der Waals surface area contributed by atoms with E-state index in [4.69, 9.17) is 5.11 Å². The molecule has 3 nitrogen and oxygen atoms in total. The van der Waals surface area contributed by atoms with Crippen molar-refractivity contribution >= 4 is 21.9 Å². The Labute approximate surface area is 129 Å². The number of rotatable bonds is 6. The van der Waals surface area contributed by atoms with Gasteiger partial charge in [0.2, 0.25) is 0 Å². The van der Waals surface area contributed by atoms with Gasteiger partial charge in [0.05, 0.1) is 0 Å². The standard InChI is InChI=1S/C14H17BrF3NO2/c1-8(2)7-11(13(20)21)19-12(14(16,17)18)9-3-5-10(15)6-4-9/h3-6,8,11-12,19H,7H2,1-2H3,(H,20,21)/t11-,12+/m1/s1. The molecule has 0 saturated carbocycles. The number of halogens is 4. The Morgan fingerprint density at radius 2 is 1.81 bits per heavy atom. The van der Waals surface area contributed by atoms with Crippen molar-refractivity contribution in [2.75, 3.05) is 0 Å². The Morgan fingerprint density at radius 3 is 2.19 bits per heavy atom. The van der Waals surface area contributed by atoms with Gasteiger partial charge < -0.3 is 5.11 Å². The van der Waals surface area contributed by atoms with Crippen LogP contribution in [-0.2, 0) is 4.79 Å². The smallest absolute Gasteiger partial charge is 0.407 e. The number of benzene rings is 1. The van der Waals surface area contributed by atoms with Crippen LogP contribution in [0.1, 0.15) is 31.9 Å². The molecule has 1 aromatic rings. The van der Waals surface area contributed by atoms with Gasteiger partial charge in [0.25, 0.3) is 0 Å². The molecule has 0 aliphatic carbocycles. The van der Waals surface area contributed by atoms with Gasteiger partial charge in [0.15, 0.2) is 0 Å². The number of hydrogen-bond acceptors (Lipinski definition) is 2. The summed E-state index contributed by atoms with van der Waals surface area (Å²) in [5.41, 5.74) is -0.0132. The third kappa shape index (κ3) is 5.67. The molecule has 0 spiro atoms. The summed E-state index contributed by atoms with van der Waals surface area (Å²) in [7, 11) is 0. The van der Waals surface area contributed by atoms with Gasteiger partial charge in [-0.15, -0.1) is 0 Å². The van der Waals surface area contributed by atoms with E-state index in [2.05, 4.69) is 21.2 Å². The fraction of sp³-hybridized carbons (Fsp3) is 0.500. The molecule has 0 saturated heterocycles. The highest BCUT2D eigenvalue weighted by Gasteiger charge is 2.42. The summed E-state index contributed by atoms with van der Waals surface area (Å²) in [5, 5.41) is 11.3. The molecule has 0 aromatic heterocycles. The number of nitrogens with one attached hydrogen (secondary N) is 1. The van der Waals surface area contributed by atoms with Crippen LogP contribution in [0.25, 0.3) is 0 Å². The minimum Gasteiger partial charge on any atom is -0.480 e. The summed E-state index contributed by atoms with van der Waals surface area (Å²) in [4.78, 5) is 11.1. The summed E-state index contributed by atoms with van der Waals surface area (Å²) in [6.45, 7) is 3.53. The highest BCUT2D eigenvalue weighted by atomic mass is 79.9. The lowest BCUT2D eigenvalue weighted by Crippen LogP contribution is -2.45. The molecule has 0 heterocycles. The van der Waals surface area contributed by atoms with Crippen LogP contribution in [0.4, 0.5) is 13.2 Å². The van der Waals surface area contributed by atoms with Crippen molar-refractivity contribution in [3.63, 3.8) is 0 Å². The maximum absolute atomic E-state index is 13.2. The van der Waals surface area contributed by atoms with Crippen molar-refractivity contribution < 1.29 is 23.1 Å². The summed E-state index contributed by atoms with van der Waals surface area (Å²) in [6, 6.07) is 2.38. The molecule has 2 atom stereocenters. The number of hydrogen-bond donors (Lipinski definition) is 2. The molecule has 2 N–H and O–H groups in total. The van der Waals surface area contributed by atoms with E-state index in [1.807, 2.05) is 0 Å². The van der Waals surface area contributed by atoms with Crippen molar-refractivity contribution in [1.82, 2.24) is 5.32 Å². The molecule has 21 heavy (non-hydrogen) atoms. The van der Waals surface area contributed by atoms with Gasteiger partial charge >= 0.3 is 12.1 Å². The van der Waals surface area contributed by atoms with Crippen LogP contribution in [0, 0.1) is 5.92 Å². The Hall–Kier alpha value is -1.08. The zero-order valence-corrected chi connectivity index (χ0v) is 13.2. The fourth-order valence-electron chi connectivity index (χ4n) is 1.95. The van der Waals surface area contributed by atoms with E-state index in [1.54, 1.807) is 13.8 Å². The molecule has 1 rings (SSSR count). The first kappa shape index (κ1) is 18.0. The first-order chi connectivity index (χ1) is 9.61. The summed E-state index contributed by atoms with van der Waals surface area (Å²) in [6.07, 6.45) is -4.45. The topological polar surface area (TPSA) is 49.3 Å². The molecule has 0 unspecified atom stereocenters. The third-order valence-corrected chi connectivity index (χ3v) is 3.43. The molecule has 0 fully saturated rings. The molecule has 0 radical (unpaired) electrons. The van der Waals surface area contributed by atoms with E-state index in [0.29, 0.717) is 4.47 Å². The Kier molecular flexibility index (Phi) is 6.22. The van der Waals surface area contributed by atoms with Crippen LogP contribution >= 0.6 is 15.9 Å². The van der Waals surface area contributed by atoms with Gasteiger partial charge in [-0.2, -0.15) is 13.2 Å². The predicted molar refractivity (Wildman–Crippen MR) is 77.0 cm³/mol. The van der Waals surface area contributed by atoms with Crippen molar-refractivity contribution in [1.29, 1.82) is 0 Å². The largest absolute Gasteiger partial charge is 0.480 e. The predicted octanol–water partition coefficient (Wildman–Crippen LogP) is 4.14. The zero-order valence-electron chi connectivity index (χ0n) is 11.6. The van der Waals surface area contributed by atoms with Crippen LogP contribution in [0.3, 0.4) is 0 Å². The van der Waals surface area contributed by atoms with E-state index in [-0.39, 0.29) is 17.9 Å². The monoisotopic (exact) mass is 367 g/mol. The van der Waals surface area contributed by atoms with E-state index in [0.717, 1.165) is 0 Å². The van der Waals surface area contributed by atoms with Crippen LogP contribution in [0.2, 0.25) is 0 Å². The van der Waals surface area contributed by atoms with E-state index in [1.165, 1.54) is 24.3 Å². The van der Waals surface area contributed by atoms with Gasteiger partial charge in [0.1, 0.15) is 12.1 Å². The van der Waals surface area contributed by atoms with Crippen molar-refractivity contribution in [3.8, 4) is 0 Å². The molecule has 7 heteroatoms. The maximum Gasteiger partial charge on any atom is 0.407 e. The van der Waals surface area contributed by atoms with Gasteiger partial charge in [-0.1, -0.05) is 41.9 Å². The number of carbonyl (C=O) groups is 1. The van der Waals surface area contributed by atoms with E-state index in [9.17, 15) is 18.0 Å². The van der Waals surface area contributed by atoms with Crippen molar-refractivity contribution in [2.24, 2.45) is 5.92 Å². The first-order valence-corrected chi connectivity index (χ1v) is 7.21. The molecular weight excluding hydrogens is 351 g/mol. The van der Waals surface area contributed by atoms with Gasteiger partial charge in [-0.3, -0.25) is 10.1 Å². The molecule has 0 amide bonds. The lowest BCUT2D eigenvalue weighted by atomic mass is 10.0. The maximum atomic E-state index is 13.2. The summed E-state index contributed by atoms with van der Waals surface area (Å²) >= 11 is 3.16. The average molecular weight is 368 g/mol. The molecule has 118 valence electrons. The third-order valence-electron chi connectivity index (χ3n) is 2.90. The van der Waals surface area contributed by atoms with Crippen molar-refractivity contribution in [3.05, 3.63) is 34.3 Å². The second-order valence-corrected chi connectivity index (χ2v) is 6.13. The second kappa shape index (κ2) is 7.26. The van der Waals surface area contributed by atoms with Crippen LogP contribution in [0.5, 0.6) is 0 Å². The fourth-order valence-corrected chi connectivity index (χ4v) is 2.21. The summed E-state index contributed by atoms with van der Waals surface area (Å²) in [5.74, 6) is -1.31. The first-order valence-electron chi connectivity index (χ1n) is 6.42. The van der Waals surface area contributed by atoms with E-state index < -0.39 is 24.2 Å². The van der Waals surface area contributed by atoms with E-state index >= 15 is 0 Å². The number of carboxylic acid groups (broad SMARTS) is 1. The van der Waals surface area contributed by atoms with Crippen molar-refractivity contribution in [2.45, 2.75) is 38.5 Å². The lowest BCUT2D eigenvalue weighted by molar-refractivity contribution is -0.163. The normalized spacial score (nSPS) is 15.0. The summed E-state index contributed by atoms with van der Waals surface area (Å²) < 4.78 is 40.3. The molecule has 0 aliphatic rings. The molecule has 0 bridgehead atoms. The molecular formula is C14H17BrF3NO2. The van der Waals surface area contributed by atoms with Crippen LogP contribution < -0.4 is 5.32 Å². The number of carboxylic acids is 1. The average Bonchev–Trinajstić information content (AvgIpc) is 2.33. The van der Waals surface area contributed by atoms with Crippen LogP contribution in [-0.4, -0.2) is 23.3 Å². The zero-order chi connectivity index (χ0) is 16.2. The van der Waals surface area contributed by atoms with Crippen LogP contribution in [0.15, 0.2) is 28.7 Å². The highest BCUT2D eigenvalue weighted by molar-refractivity contribution is 9.10. The van der Waals surface area contributed by atoms with Gasteiger partial charge in [-0.25, -0.2) is 0 Å². The Balaban J connectivity index is 3.03.